The average molecular weight is 297 g/mol. The van der Waals surface area contributed by atoms with Crippen molar-refractivity contribution in [1.82, 2.24) is 9.71 Å². The van der Waals surface area contributed by atoms with Crippen LogP contribution in [0, 0.1) is 0 Å². The van der Waals surface area contributed by atoms with Crippen molar-refractivity contribution in [3.63, 3.8) is 0 Å². The van der Waals surface area contributed by atoms with Gasteiger partial charge in [0, 0.05) is 5.38 Å². The molecule has 2 N–H and O–H groups in total. The second-order valence-corrected chi connectivity index (χ2v) is 6.11. The van der Waals surface area contributed by atoms with Gasteiger partial charge in [-0.25, -0.2) is 18.1 Å². The molecule has 0 aliphatic heterocycles. The van der Waals surface area contributed by atoms with Gasteiger partial charge in [-0.2, -0.15) is 0 Å². The summed E-state index contributed by atoms with van der Waals surface area (Å²) >= 11 is 1.29. The molecule has 6 nitrogen and oxygen atoms in total. The van der Waals surface area contributed by atoms with Crippen LogP contribution in [0.15, 0.2) is 40.1 Å². The van der Waals surface area contributed by atoms with Crippen LogP contribution in [-0.4, -0.2) is 26.4 Å². The molecule has 0 fully saturated rings. The first-order valence-corrected chi connectivity index (χ1v) is 7.69. The first-order valence-electron chi connectivity index (χ1n) is 5.26. The first-order chi connectivity index (χ1) is 9.04. The average Bonchev–Trinajstić information content (AvgIpc) is 2.93. The Morgan fingerprint density at radius 3 is 2.68 bits per heavy atom. The summed E-state index contributed by atoms with van der Waals surface area (Å²) < 4.78 is 25.8. The molecule has 2 rings (SSSR count). The van der Waals surface area contributed by atoms with E-state index in [1.165, 1.54) is 36.0 Å². The molecule has 0 unspecified atom stereocenters. The Bertz CT molecular complexity index is 681. The van der Waals surface area contributed by atoms with Crippen LogP contribution in [0.3, 0.4) is 0 Å². The van der Waals surface area contributed by atoms with Gasteiger partial charge in [-0.1, -0.05) is 12.1 Å². The van der Waals surface area contributed by atoms with E-state index in [1.54, 1.807) is 17.5 Å². The third-order valence-corrected chi connectivity index (χ3v) is 4.42. The van der Waals surface area contributed by atoms with Gasteiger partial charge < -0.3 is 5.32 Å². The first kappa shape index (κ1) is 13.7. The Balaban J connectivity index is 2.34. The number of carbonyl (C=O) groups is 1. The molecule has 0 spiro atoms. The number of thiazole rings is 1. The van der Waals surface area contributed by atoms with E-state index in [4.69, 9.17) is 0 Å². The van der Waals surface area contributed by atoms with Gasteiger partial charge in [0.1, 0.15) is 10.6 Å². The molecule has 100 valence electrons. The van der Waals surface area contributed by atoms with Crippen molar-refractivity contribution in [2.45, 2.75) is 4.90 Å². The van der Waals surface area contributed by atoms with Crippen molar-refractivity contribution < 1.29 is 13.2 Å². The van der Waals surface area contributed by atoms with Gasteiger partial charge in [0.15, 0.2) is 0 Å². The number of nitrogens with zero attached hydrogens (tertiary/aromatic N) is 1. The molecule has 2 aromatic rings. The highest BCUT2D eigenvalue weighted by atomic mass is 32.2. The number of rotatable bonds is 4. The van der Waals surface area contributed by atoms with Crippen molar-refractivity contribution in [2.75, 3.05) is 12.4 Å². The maximum absolute atomic E-state index is 11.9. The van der Waals surface area contributed by atoms with E-state index in [-0.39, 0.29) is 16.3 Å². The second kappa shape index (κ2) is 5.47. The highest BCUT2D eigenvalue weighted by molar-refractivity contribution is 7.89. The summed E-state index contributed by atoms with van der Waals surface area (Å²) in [5.74, 6) is -0.444. The fourth-order valence-electron chi connectivity index (χ4n) is 1.43. The predicted octanol–water partition coefficient (Wildman–Crippen LogP) is 1.30. The highest BCUT2D eigenvalue weighted by Gasteiger charge is 2.18. The molecule has 0 aliphatic rings. The van der Waals surface area contributed by atoms with Crippen molar-refractivity contribution in [2.24, 2.45) is 0 Å². The van der Waals surface area contributed by atoms with E-state index in [2.05, 4.69) is 15.0 Å². The molecule has 19 heavy (non-hydrogen) atoms. The van der Waals surface area contributed by atoms with E-state index in [0.717, 1.165) is 0 Å². The van der Waals surface area contributed by atoms with E-state index in [0.29, 0.717) is 0 Å². The molecule has 0 saturated carbocycles. The molecule has 0 radical (unpaired) electrons. The molecule has 0 saturated heterocycles. The number of benzene rings is 1. The van der Waals surface area contributed by atoms with Crippen molar-refractivity contribution in [3.05, 3.63) is 40.8 Å². The summed E-state index contributed by atoms with van der Waals surface area (Å²) in [6, 6.07) is 6.17. The van der Waals surface area contributed by atoms with E-state index < -0.39 is 15.9 Å². The summed E-state index contributed by atoms with van der Waals surface area (Å²) in [7, 11) is -2.31. The van der Waals surface area contributed by atoms with Crippen LogP contribution in [0.2, 0.25) is 0 Å². The van der Waals surface area contributed by atoms with Crippen LogP contribution in [-0.2, 0) is 10.0 Å². The number of aromatic nitrogens is 1. The summed E-state index contributed by atoms with van der Waals surface area (Å²) in [5, 5.41) is 4.13. The molecular weight excluding hydrogens is 286 g/mol. The molecule has 1 aromatic carbocycles. The van der Waals surface area contributed by atoms with Crippen molar-refractivity contribution >= 4 is 33.0 Å². The SMILES string of the molecule is CNS(=O)(=O)c1ccccc1NC(=O)c1cscn1. The van der Waals surface area contributed by atoms with Crippen LogP contribution in [0.25, 0.3) is 0 Å². The van der Waals surface area contributed by atoms with Crippen LogP contribution in [0.4, 0.5) is 5.69 Å². The standard InChI is InChI=1S/C11H11N3O3S2/c1-12-19(16,17)10-5-3-2-4-8(10)14-11(15)9-6-18-7-13-9/h2-7,12H,1H3,(H,14,15). The summed E-state index contributed by atoms with van der Waals surface area (Å²) in [6.07, 6.45) is 0. The van der Waals surface area contributed by atoms with Gasteiger partial charge in [-0.15, -0.1) is 11.3 Å². The maximum Gasteiger partial charge on any atom is 0.275 e. The number of anilines is 1. The van der Waals surface area contributed by atoms with E-state index in [1.807, 2.05) is 0 Å². The maximum atomic E-state index is 11.9. The highest BCUT2D eigenvalue weighted by Crippen LogP contribution is 2.21. The lowest BCUT2D eigenvalue weighted by Crippen LogP contribution is -2.21. The predicted molar refractivity (Wildman–Crippen MR) is 72.8 cm³/mol. The van der Waals surface area contributed by atoms with Gasteiger partial charge in [0.2, 0.25) is 10.0 Å². The van der Waals surface area contributed by atoms with Gasteiger partial charge in [0.05, 0.1) is 11.2 Å². The third-order valence-electron chi connectivity index (χ3n) is 2.36. The topological polar surface area (TPSA) is 88.2 Å². The zero-order valence-electron chi connectivity index (χ0n) is 9.95. The Labute approximate surface area is 114 Å². The Kier molecular flexibility index (Phi) is 3.93. The van der Waals surface area contributed by atoms with Crippen LogP contribution < -0.4 is 10.0 Å². The van der Waals surface area contributed by atoms with Crippen molar-refractivity contribution in [3.8, 4) is 0 Å². The molecule has 1 aromatic heterocycles. The Morgan fingerprint density at radius 1 is 1.32 bits per heavy atom. The number of nitrogens with one attached hydrogen (secondary N) is 2. The monoisotopic (exact) mass is 297 g/mol. The number of amides is 1. The van der Waals surface area contributed by atoms with Gasteiger partial charge in [-0.3, -0.25) is 4.79 Å². The smallest absolute Gasteiger partial charge is 0.275 e. The summed E-state index contributed by atoms with van der Waals surface area (Å²) in [5.41, 5.74) is 2.00. The molecule has 0 atom stereocenters. The zero-order chi connectivity index (χ0) is 13.9. The fraction of sp³-hybridized carbons (Fsp3) is 0.0909. The van der Waals surface area contributed by atoms with Crippen LogP contribution >= 0.6 is 11.3 Å². The molecule has 8 heteroatoms. The minimum absolute atomic E-state index is 0.0149. The lowest BCUT2D eigenvalue weighted by atomic mass is 10.3. The second-order valence-electron chi connectivity index (χ2n) is 3.53. The number of carbonyl (C=O) groups excluding carboxylic acids is 1. The van der Waals surface area contributed by atoms with Gasteiger partial charge >= 0.3 is 0 Å². The van der Waals surface area contributed by atoms with Crippen LogP contribution in [0.5, 0.6) is 0 Å². The van der Waals surface area contributed by atoms with Crippen molar-refractivity contribution in [1.29, 1.82) is 0 Å². The lowest BCUT2D eigenvalue weighted by molar-refractivity contribution is 0.102. The molecular formula is C11H11N3O3S2. The molecule has 1 heterocycles. The molecule has 1 amide bonds. The Morgan fingerprint density at radius 2 is 2.05 bits per heavy atom. The number of hydrogen-bond acceptors (Lipinski definition) is 5. The van der Waals surface area contributed by atoms with Gasteiger partial charge in [-0.05, 0) is 19.2 Å². The number of hydrogen-bond donors (Lipinski definition) is 2. The largest absolute Gasteiger partial charge is 0.319 e. The minimum Gasteiger partial charge on any atom is -0.319 e. The minimum atomic E-state index is -3.63. The van der Waals surface area contributed by atoms with E-state index >= 15 is 0 Å². The number of sulfonamides is 1. The summed E-state index contributed by atoms with van der Waals surface area (Å²) in [6.45, 7) is 0. The van der Waals surface area contributed by atoms with Gasteiger partial charge in [0.25, 0.3) is 5.91 Å². The summed E-state index contributed by atoms with van der Waals surface area (Å²) in [4.78, 5) is 15.7. The third kappa shape index (κ3) is 2.98. The van der Waals surface area contributed by atoms with Crippen LogP contribution in [0.1, 0.15) is 10.5 Å². The lowest BCUT2D eigenvalue weighted by Gasteiger charge is -2.10. The van der Waals surface area contributed by atoms with E-state index in [9.17, 15) is 13.2 Å². The quantitative estimate of drug-likeness (QED) is 0.890. The normalized spacial score (nSPS) is 11.2. The molecule has 0 bridgehead atoms. The number of para-hydroxylation sites is 1. The Hall–Kier alpha value is -1.77. The molecule has 0 aliphatic carbocycles. The zero-order valence-corrected chi connectivity index (χ0v) is 11.6. The fourth-order valence-corrected chi connectivity index (χ4v) is 2.84.